The monoisotopic (exact) mass is 301 g/mol. The van der Waals surface area contributed by atoms with E-state index in [9.17, 15) is 8.42 Å². The number of thioether (sulfide) groups is 1. The van der Waals surface area contributed by atoms with Gasteiger partial charge >= 0.3 is 0 Å². The highest BCUT2D eigenvalue weighted by Gasteiger charge is 2.08. The van der Waals surface area contributed by atoms with Gasteiger partial charge in [-0.15, -0.1) is 11.8 Å². The average Bonchev–Trinajstić information content (AvgIpc) is 2.37. The summed E-state index contributed by atoms with van der Waals surface area (Å²) in [5.41, 5.74) is 1.25. The molecule has 0 aliphatic heterocycles. The lowest BCUT2D eigenvalue weighted by Crippen LogP contribution is -2.12. The van der Waals surface area contributed by atoms with Crippen LogP contribution in [0.4, 0.5) is 0 Å². The van der Waals surface area contributed by atoms with Crippen LogP contribution >= 0.6 is 11.8 Å². The van der Waals surface area contributed by atoms with E-state index in [1.807, 2.05) is 6.92 Å². The Morgan fingerprint density at radius 2 is 1.79 bits per heavy atom. The Morgan fingerprint density at radius 1 is 1.11 bits per heavy atom. The third-order valence-corrected chi connectivity index (χ3v) is 5.81. The summed E-state index contributed by atoms with van der Waals surface area (Å²) in [6.45, 7) is 5.83. The molecule has 108 valence electrons. The molecule has 0 radical (unpaired) electrons. The Balaban J connectivity index is 2.38. The van der Waals surface area contributed by atoms with E-state index in [1.165, 1.54) is 5.56 Å². The maximum Gasteiger partial charge on any atom is 0.151 e. The van der Waals surface area contributed by atoms with Crippen molar-refractivity contribution in [3.8, 4) is 0 Å². The molecule has 0 heterocycles. The third kappa shape index (κ3) is 6.99. The Kier molecular flexibility index (Phi) is 7.49. The summed E-state index contributed by atoms with van der Waals surface area (Å²) in [7, 11) is -2.85. The molecule has 5 heteroatoms. The van der Waals surface area contributed by atoms with Gasteiger partial charge in [-0.3, -0.25) is 0 Å². The van der Waals surface area contributed by atoms with Crippen molar-refractivity contribution in [3.05, 3.63) is 29.8 Å². The number of hydrogen-bond donors (Lipinski definition) is 1. The van der Waals surface area contributed by atoms with E-state index in [2.05, 4.69) is 36.5 Å². The fraction of sp³-hybridized carbons (Fsp3) is 0.571. The minimum absolute atomic E-state index is 0.269. The maximum atomic E-state index is 11.6. The van der Waals surface area contributed by atoms with Crippen molar-refractivity contribution in [2.75, 3.05) is 23.8 Å². The molecule has 3 nitrogen and oxygen atoms in total. The first-order valence-corrected chi connectivity index (χ1v) is 9.51. The molecule has 0 atom stereocenters. The van der Waals surface area contributed by atoms with Crippen molar-refractivity contribution in [3.63, 3.8) is 0 Å². The van der Waals surface area contributed by atoms with Crippen LogP contribution in [0, 0.1) is 0 Å². The summed E-state index contributed by atoms with van der Waals surface area (Å²) in [5, 5.41) is 3.27. The molecule has 0 spiro atoms. The predicted octanol–water partition coefficient (Wildman–Crippen LogP) is 2.71. The van der Waals surface area contributed by atoms with E-state index in [1.54, 1.807) is 11.8 Å². The number of sulfone groups is 1. The van der Waals surface area contributed by atoms with Crippen molar-refractivity contribution in [2.24, 2.45) is 0 Å². The summed E-state index contributed by atoms with van der Waals surface area (Å²) in [4.78, 5) is 1.13. The fourth-order valence-corrected chi connectivity index (χ4v) is 4.41. The smallest absolute Gasteiger partial charge is 0.151 e. The summed E-state index contributed by atoms with van der Waals surface area (Å²) in [6, 6.07) is 8.30. The van der Waals surface area contributed by atoms with E-state index in [-0.39, 0.29) is 5.75 Å². The molecule has 0 bridgehead atoms. The fourth-order valence-electron chi connectivity index (χ4n) is 1.67. The summed E-state index contributed by atoms with van der Waals surface area (Å²) in [5.74, 6) is 1.20. The molecule has 0 unspecified atom stereocenters. The number of benzene rings is 1. The van der Waals surface area contributed by atoms with Gasteiger partial charge in [0, 0.05) is 22.9 Å². The largest absolute Gasteiger partial charge is 0.313 e. The van der Waals surface area contributed by atoms with Crippen LogP contribution in [0.25, 0.3) is 0 Å². The molecule has 0 aliphatic carbocycles. The third-order valence-electron chi connectivity index (χ3n) is 2.68. The second-order valence-corrected chi connectivity index (χ2v) is 7.90. The molecule has 0 fully saturated rings. The second-order valence-electron chi connectivity index (χ2n) is 4.42. The van der Waals surface area contributed by atoms with E-state index in [0.29, 0.717) is 17.9 Å². The molecule has 0 aromatic heterocycles. The first kappa shape index (κ1) is 16.5. The number of hydrogen-bond acceptors (Lipinski definition) is 4. The molecule has 0 saturated heterocycles. The zero-order chi connectivity index (χ0) is 14.1. The van der Waals surface area contributed by atoms with Crippen LogP contribution in [-0.2, 0) is 16.4 Å². The Hall–Kier alpha value is -0.520. The van der Waals surface area contributed by atoms with Crippen molar-refractivity contribution in [2.45, 2.75) is 31.7 Å². The Bertz CT molecular complexity index is 455. The minimum Gasteiger partial charge on any atom is -0.313 e. The van der Waals surface area contributed by atoms with Gasteiger partial charge in [-0.25, -0.2) is 8.42 Å². The molecule has 0 aliphatic rings. The summed E-state index contributed by atoms with van der Waals surface area (Å²) < 4.78 is 23.1. The van der Waals surface area contributed by atoms with Crippen molar-refractivity contribution < 1.29 is 8.42 Å². The van der Waals surface area contributed by atoms with Crippen LogP contribution < -0.4 is 5.32 Å². The van der Waals surface area contributed by atoms with E-state index < -0.39 is 9.84 Å². The number of rotatable bonds is 9. The molecular formula is C14H23NO2S2. The SMILES string of the molecule is CCCS(=O)(=O)CCSc1ccc(CNCC)cc1. The second kappa shape index (κ2) is 8.61. The highest BCUT2D eigenvalue weighted by Crippen LogP contribution is 2.18. The lowest BCUT2D eigenvalue weighted by atomic mass is 10.2. The van der Waals surface area contributed by atoms with Crippen LogP contribution in [0.2, 0.25) is 0 Å². The highest BCUT2D eigenvalue weighted by molar-refractivity contribution is 8.00. The first-order valence-electron chi connectivity index (χ1n) is 6.70. The van der Waals surface area contributed by atoms with Gasteiger partial charge in [-0.1, -0.05) is 26.0 Å². The van der Waals surface area contributed by atoms with Crippen LogP contribution in [0.15, 0.2) is 29.2 Å². The van der Waals surface area contributed by atoms with Crippen molar-refractivity contribution >= 4 is 21.6 Å². The lowest BCUT2D eigenvalue weighted by molar-refractivity contribution is 0.596. The molecule has 0 saturated carbocycles. The highest BCUT2D eigenvalue weighted by atomic mass is 32.2. The van der Waals surface area contributed by atoms with Crippen LogP contribution in [-0.4, -0.2) is 32.2 Å². The Labute approximate surface area is 121 Å². The summed E-state index contributed by atoms with van der Waals surface area (Å²) in [6.07, 6.45) is 0.701. The molecule has 0 amide bonds. The normalized spacial score (nSPS) is 11.7. The topological polar surface area (TPSA) is 46.2 Å². The minimum atomic E-state index is -2.85. The molecule has 1 N–H and O–H groups in total. The molecule has 19 heavy (non-hydrogen) atoms. The zero-order valence-corrected chi connectivity index (χ0v) is 13.3. The van der Waals surface area contributed by atoms with Gasteiger partial charge in [0.05, 0.1) is 5.75 Å². The van der Waals surface area contributed by atoms with E-state index in [0.717, 1.165) is 18.0 Å². The van der Waals surface area contributed by atoms with Gasteiger partial charge in [-0.2, -0.15) is 0 Å². The Morgan fingerprint density at radius 3 is 2.37 bits per heavy atom. The quantitative estimate of drug-likeness (QED) is 0.712. The molecule has 1 aromatic carbocycles. The van der Waals surface area contributed by atoms with Gasteiger partial charge in [0.2, 0.25) is 0 Å². The molecular weight excluding hydrogens is 278 g/mol. The zero-order valence-electron chi connectivity index (χ0n) is 11.7. The number of nitrogens with one attached hydrogen (secondary N) is 1. The predicted molar refractivity (Wildman–Crippen MR) is 83.5 cm³/mol. The lowest BCUT2D eigenvalue weighted by Gasteiger charge is -2.05. The van der Waals surface area contributed by atoms with E-state index >= 15 is 0 Å². The standard InChI is InChI=1S/C14H23NO2S2/c1-3-10-19(16,17)11-9-18-14-7-5-13(6-8-14)12-15-4-2/h5-8,15H,3-4,9-12H2,1-2H3. The van der Waals surface area contributed by atoms with Gasteiger partial charge in [0.1, 0.15) is 0 Å². The maximum absolute atomic E-state index is 11.6. The van der Waals surface area contributed by atoms with Crippen LogP contribution in [0.1, 0.15) is 25.8 Å². The summed E-state index contributed by atoms with van der Waals surface area (Å²) >= 11 is 1.61. The van der Waals surface area contributed by atoms with Gasteiger partial charge < -0.3 is 5.32 Å². The van der Waals surface area contributed by atoms with Gasteiger partial charge in [0.25, 0.3) is 0 Å². The van der Waals surface area contributed by atoms with Crippen molar-refractivity contribution in [1.82, 2.24) is 5.32 Å². The van der Waals surface area contributed by atoms with Crippen LogP contribution in [0.3, 0.4) is 0 Å². The average molecular weight is 301 g/mol. The van der Waals surface area contributed by atoms with Crippen molar-refractivity contribution in [1.29, 1.82) is 0 Å². The van der Waals surface area contributed by atoms with Crippen LogP contribution in [0.5, 0.6) is 0 Å². The first-order chi connectivity index (χ1) is 9.07. The van der Waals surface area contributed by atoms with E-state index in [4.69, 9.17) is 0 Å². The van der Waals surface area contributed by atoms with Gasteiger partial charge in [0.15, 0.2) is 9.84 Å². The molecule has 1 rings (SSSR count). The molecule has 1 aromatic rings. The van der Waals surface area contributed by atoms with Gasteiger partial charge in [-0.05, 0) is 30.7 Å².